The van der Waals surface area contributed by atoms with Crippen LogP contribution in [0.4, 0.5) is 11.4 Å². The van der Waals surface area contributed by atoms with Gasteiger partial charge in [-0.1, -0.05) is 6.92 Å². The maximum Gasteiger partial charge on any atom is 0.121 e. The van der Waals surface area contributed by atoms with Gasteiger partial charge in [0.2, 0.25) is 0 Å². The summed E-state index contributed by atoms with van der Waals surface area (Å²) in [4.78, 5) is 0. The molecular formula is C10H16N2O. The van der Waals surface area contributed by atoms with Crippen molar-refractivity contribution < 1.29 is 4.74 Å². The van der Waals surface area contributed by atoms with E-state index in [1.807, 2.05) is 18.2 Å². The van der Waals surface area contributed by atoms with Crippen molar-refractivity contribution in [2.75, 3.05) is 24.7 Å². The molecule has 0 amide bonds. The molecule has 0 aliphatic heterocycles. The predicted octanol–water partition coefficient (Wildman–Crippen LogP) is 2.10. The van der Waals surface area contributed by atoms with Crippen molar-refractivity contribution in [2.45, 2.75) is 13.3 Å². The van der Waals surface area contributed by atoms with Crippen molar-refractivity contribution in [3.05, 3.63) is 18.2 Å². The highest BCUT2D eigenvalue weighted by Crippen LogP contribution is 2.23. The molecule has 0 bridgehead atoms. The normalized spacial score (nSPS) is 9.69. The lowest BCUT2D eigenvalue weighted by Crippen LogP contribution is -2.03. The fourth-order valence-corrected chi connectivity index (χ4v) is 1.08. The van der Waals surface area contributed by atoms with E-state index in [9.17, 15) is 0 Å². The van der Waals surface area contributed by atoms with E-state index < -0.39 is 0 Å². The Balaban J connectivity index is 2.78. The molecule has 0 saturated heterocycles. The molecule has 3 nitrogen and oxygen atoms in total. The minimum absolute atomic E-state index is 0.759. The van der Waals surface area contributed by atoms with Gasteiger partial charge >= 0.3 is 0 Å². The number of hydrogen-bond donors (Lipinski definition) is 2. The largest absolute Gasteiger partial charge is 0.497 e. The van der Waals surface area contributed by atoms with E-state index in [2.05, 4.69) is 12.2 Å². The van der Waals surface area contributed by atoms with Gasteiger partial charge in [0.15, 0.2) is 0 Å². The molecule has 1 aromatic carbocycles. The average molecular weight is 180 g/mol. The van der Waals surface area contributed by atoms with E-state index in [0.29, 0.717) is 0 Å². The molecule has 3 N–H and O–H groups in total. The summed E-state index contributed by atoms with van der Waals surface area (Å²) in [5.74, 6) is 0.827. The van der Waals surface area contributed by atoms with Crippen LogP contribution in [0.5, 0.6) is 5.75 Å². The second-order valence-electron chi connectivity index (χ2n) is 2.88. The van der Waals surface area contributed by atoms with Crippen molar-refractivity contribution in [1.29, 1.82) is 0 Å². The van der Waals surface area contributed by atoms with Gasteiger partial charge in [0.25, 0.3) is 0 Å². The van der Waals surface area contributed by atoms with Gasteiger partial charge in [-0.05, 0) is 18.6 Å². The number of anilines is 2. The number of methoxy groups -OCH3 is 1. The zero-order valence-electron chi connectivity index (χ0n) is 8.13. The monoisotopic (exact) mass is 180 g/mol. The first kappa shape index (κ1) is 9.71. The first-order chi connectivity index (χ1) is 6.27. The van der Waals surface area contributed by atoms with E-state index in [0.717, 1.165) is 30.1 Å². The number of benzene rings is 1. The summed E-state index contributed by atoms with van der Waals surface area (Å²) in [6.07, 6.45) is 1.08. The Labute approximate surface area is 78.9 Å². The molecule has 1 rings (SSSR count). The van der Waals surface area contributed by atoms with E-state index in [1.165, 1.54) is 0 Å². The Morgan fingerprint density at radius 2 is 2.23 bits per heavy atom. The van der Waals surface area contributed by atoms with Gasteiger partial charge in [-0.3, -0.25) is 0 Å². The Morgan fingerprint density at radius 3 is 2.85 bits per heavy atom. The molecule has 0 unspecified atom stereocenters. The first-order valence-electron chi connectivity index (χ1n) is 4.45. The molecular weight excluding hydrogens is 164 g/mol. The molecule has 0 aromatic heterocycles. The lowest BCUT2D eigenvalue weighted by Gasteiger charge is -2.09. The second kappa shape index (κ2) is 4.60. The van der Waals surface area contributed by atoms with Crippen LogP contribution in [0.2, 0.25) is 0 Å². The SMILES string of the molecule is CCCNc1cc(OC)ccc1N. The third kappa shape index (κ3) is 2.54. The maximum absolute atomic E-state index is 5.77. The van der Waals surface area contributed by atoms with Crippen LogP contribution >= 0.6 is 0 Å². The zero-order chi connectivity index (χ0) is 9.68. The molecule has 0 atom stereocenters. The number of hydrogen-bond acceptors (Lipinski definition) is 3. The quantitative estimate of drug-likeness (QED) is 0.697. The van der Waals surface area contributed by atoms with Crippen LogP contribution in [-0.2, 0) is 0 Å². The van der Waals surface area contributed by atoms with Gasteiger partial charge in [-0.15, -0.1) is 0 Å². The summed E-state index contributed by atoms with van der Waals surface area (Å²) in [5.41, 5.74) is 7.47. The Kier molecular flexibility index (Phi) is 3.43. The Bertz CT molecular complexity index is 274. The highest BCUT2D eigenvalue weighted by molar-refractivity contribution is 5.68. The second-order valence-corrected chi connectivity index (χ2v) is 2.88. The predicted molar refractivity (Wildman–Crippen MR) is 56.2 cm³/mol. The van der Waals surface area contributed by atoms with Crippen molar-refractivity contribution in [3.63, 3.8) is 0 Å². The number of nitrogen functional groups attached to an aromatic ring is 1. The van der Waals surface area contributed by atoms with Gasteiger partial charge < -0.3 is 15.8 Å². The Hall–Kier alpha value is -1.38. The van der Waals surface area contributed by atoms with Crippen LogP contribution in [0.1, 0.15) is 13.3 Å². The summed E-state index contributed by atoms with van der Waals surface area (Å²) < 4.78 is 5.09. The van der Waals surface area contributed by atoms with Crippen LogP contribution < -0.4 is 15.8 Å². The van der Waals surface area contributed by atoms with Gasteiger partial charge in [0.1, 0.15) is 5.75 Å². The smallest absolute Gasteiger partial charge is 0.121 e. The number of rotatable bonds is 4. The molecule has 0 aliphatic carbocycles. The molecule has 0 fully saturated rings. The van der Waals surface area contributed by atoms with Crippen molar-refractivity contribution in [2.24, 2.45) is 0 Å². The van der Waals surface area contributed by atoms with Crippen LogP contribution in [0, 0.1) is 0 Å². The van der Waals surface area contributed by atoms with Crippen LogP contribution in [0.15, 0.2) is 18.2 Å². The van der Waals surface area contributed by atoms with E-state index in [-0.39, 0.29) is 0 Å². The van der Waals surface area contributed by atoms with Crippen molar-refractivity contribution in [3.8, 4) is 5.75 Å². The average Bonchev–Trinajstić information content (AvgIpc) is 2.17. The fraction of sp³-hybridized carbons (Fsp3) is 0.400. The fourth-order valence-electron chi connectivity index (χ4n) is 1.08. The minimum atomic E-state index is 0.759. The standard InChI is InChI=1S/C10H16N2O/c1-3-6-12-10-7-8(13-2)4-5-9(10)11/h4-5,7,12H,3,6,11H2,1-2H3. The zero-order valence-corrected chi connectivity index (χ0v) is 8.13. The lowest BCUT2D eigenvalue weighted by molar-refractivity contribution is 0.415. The molecule has 72 valence electrons. The first-order valence-corrected chi connectivity index (χ1v) is 4.45. The van der Waals surface area contributed by atoms with Gasteiger partial charge in [0.05, 0.1) is 18.5 Å². The van der Waals surface area contributed by atoms with Gasteiger partial charge in [0, 0.05) is 12.6 Å². The molecule has 1 aromatic rings. The molecule has 13 heavy (non-hydrogen) atoms. The topological polar surface area (TPSA) is 47.3 Å². The van der Waals surface area contributed by atoms with Crippen LogP contribution in [-0.4, -0.2) is 13.7 Å². The molecule has 0 radical (unpaired) electrons. The summed E-state index contributed by atoms with van der Waals surface area (Å²) in [7, 11) is 1.65. The van der Waals surface area contributed by atoms with Crippen LogP contribution in [0.25, 0.3) is 0 Å². The summed E-state index contributed by atoms with van der Waals surface area (Å²) >= 11 is 0. The van der Waals surface area contributed by atoms with Gasteiger partial charge in [-0.25, -0.2) is 0 Å². The number of ether oxygens (including phenoxy) is 1. The van der Waals surface area contributed by atoms with E-state index in [4.69, 9.17) is 10.5 Å². The number of nitrogens with two attached hydrogens (primary N) is 1. The molecule has 0 heterocycles. The third-order valence-electron chi connectivity index (χ3n) is 1.83. The third-order valence-corrected chi connectivity index (χ3v) is 1.83. The highest BCUT2D eigenvalue weighted by atomic mass is 16.5. The summed E-state index contributed by atoms with van der Waals surface area (Å²) in [6.45, 7) is 3.04. The van der Waals surface area contributed by atoms with E-state index >= 15 is 0 Å². The van der Waals surface area contributed by atoms with Crippen molar-refractivity contribution >= 4 is 11.4 Å². The summed E-state index contributed by atoms with van der Waals surface area (Å²) in [5, 5.41) is 3.23. The van der Waals surface area contributed by atoms with E-state index in [1.54, 1.807) is 7.11 Å². The highest BCUT2D eigenvalue weighted by Gasteiger charge is 1.99. The molecule has 0 saturated carbocycles. The van der Waals surface area contributed by atoms with Crippen molar-refractivity contribution in [1.82, 2.24) is 0 Å². The molecule has 0 aliphatic rings. The van der Waals surface area contributed by atoms with Gasteiger partial charge in [-0.2, -0.15) is 0 Å². The lowest BCUT2D eigenvalue weighted by atomic mass is 10.2. The minimum Gasteiger partial charge on any atom is -0.497 e. The summed E-state index contributed by atoms with van der Waals surface area (Å²) in [6, 6.07) is 5.61. The Morgan fingerprint density at radius 1 is 1.46 bits per heavy atom. The molecule has 0 spiro atoms. The van der Waals surface area contributed by atoms with Crippen LogP contribution in [0.3, 0.4) is 0 Å². The maximum atomic E-state index is 5.77. The molecule has 3 heteroatoms. The number of nitrogens with one attached hydrogen (secondary N) is 1.